The highest BCUT2D eigenvalue weighted by molar-refractivity contribution is 14.1. The highest BCUT2D eigenvalue weighted by Gasteiger charge is 2.13. The van der Waals surface area contributed by atoms with Gasteiger partial charge in [-0.25, -0.2) is 0 Å². The molecule has 0 bridgehead atoms. The number of benzene rings is 2. The molecule has 0 saturated heterocycles. The minimum Gasteiger partial charge on any atom is -0.484 e. The van der Waals surface area contributed by atoms with E-state index in [1.54, 1.807) is 0 Å². The Hall–Kier alpha value is -1.56. The third kappa shape index (κ3) is 4.96. The van der Waals surface area contributed by atoms with Gasteiger partial charge in [-0.1, -0.05) is 12.1 Å². The van der Waals surface area contributed by atoms with Crippen LogP contribution in [0.15, 0.2) is 36.4 Å². The number of halogens is 1. The fourth-order valence-electron chi connectivity index (χ4n) is 2.49. The second-order valence-corrected chi connectivity index (χ2v) is 7.07. The topological polar surface area (TPSA) is 38.3 Å². The van der Waals surface area contributed by atoms with Crippen molar-refractivity contribution in [2.75, 3.05) is 6.61 Å². The lowest BCUT2D eigenvalue weighted by atomic mass is 9.96. The molecule has 0 aliphatic rings. The summed E-state index contributed by atoms with van der Waals surface area (Å²) in [5.74, 6) is 0.587. The summed E-state index contributed by atoms with van der Waals surface area (Å²) < 4.78 is 6.65. The van der Waals surface area contributed by atoms with Crippen molar-refractivity contribution in [1.82, 2.24) is 5.32 Å². The third-order valence-corrected chi connectivity index (χ3v) is 4.63. The normalized spacial score (nSPS) is 11.9. The van der Waals surface area contributed by atoms with Crippen molar-refractivity contribution in [2.45, 2.75) is 33.7 Å². The molecular weight excluding hydrogens is 401 g/mol. The molecule has 0 aromatic heterocycles. The standard InChI is InChI=1S/C19H22INO2/c1-12-9-14(3)18(10-13(12)2)15(4)21-19(22)11-23-17-7-5-16(20)6-8-17/h5-10,15H,11H2,1-4H3,(H,21,22)/t15-/m0/s1. The van der Waals surface area contributed by atoms with Gasteiger partial charge in [0.15, 0.2) is 6.61 Å². The summed E-state index contributed by atoms with van der Waals surface area (Å²) in [5.41, 5.74) is 4.85. The van der Waals surface area contributed by atoms with Gasteiger partial charge in [-0.15, -0.1) is 0 Å². The second-order valence-electron chi connectivity index (χ2n) is 5.82. The number of aryl methyl sites for hydroxylation is 3. The van der Waals surface area contributed by atoms with Gasteiger partial charge in [0.05, 0.1) is 6.04 Å². The molecule has 0 saturated carbocycles. The Balaban J connectivity index is 1.94. The molecule has 23 heavy (non-hydrogen) atoms. The average Bonchev–Trinajstić information content (AvgIpc) is 2.50. The van der Waals surface area contributed by atoms with Crippen molar-refractivity contribution in [2.24, 2.45) is 0 Å². The molecule has 0 radical (unpaired) electrons. The van der Waals surface area contributed by atoms with E-state index in [0.717, 1.165) is 9.13 Å². The van der Waals surface area contributed by atoms with E-state index in [-0.39, 0.29) is 18.6 Å². The molecule has 2 rings (SSSR count). The van der Waals surface area contributed by atoms with Crippen molar-refractivity contribution in [3.8, 4) is 5.75 Å². The maximum atomic E-state index is 12.1. The van der Waals surface area contributed by atoms with Crippen LogP contribution in [-0.2, 0) is 4.79 Å². The van der Waals surface area contributed by atoms with Crippen molar-refractivity contribution < 1.29 is 9.53 Å². The first-order valence-electron chi connectivity index (χ1n) is 7.62. The zero-order valence-corrected chi connectivity index (χ0v) is 16.1. The third-order valence-electron chi connectivity index (χ3n) is 3.91. The molecule has 2 aromatic rings. The van der Waals surface area contributed by atoms with Gasteiger partial charge in [0.25, 0.3) is 5.91 Å². The summed E-state index contributed by atoms with van der Waals surface area (Å²) in [6.07, 6.45) is 0. The van der Waals surface area contributed by atoms with E-state index in [2.05, 4.69) is 60.8 Å². The maximum absolute atomic E-state index is 12.1. The molecule has 1 amide bonds. The monoisotopic (exact) mass is 423 g/mol. The van der Waals surface area contributed by atoms with Crippen LogP contribution >= 0.6 is 22.6 Å². The molecule has 1 N–H and O–H groups in total. The van der Waals surface area contributed by atoms with Crippen molar-refractivity contribution >= 4 is 28.5 Å². The Labute approximate surface area is 151 Å². The molecule has 0 fully saturated rings. The zero-order valence-electron chi connectivity index (χ0n) is 13.9. The second kappa shape index (κ2) is 7.81. The highest BCUT2D eigenvalue weighted by Crippen LogP contribution is 2.21. The predicted molar refractivity (Wildman–Crippen MR) is 102 cm³/mol. The van der Waals surface area contributed by atoms with Crippen molar-refractivity contribution in [1.29, 1.82) is 0 Å². The van der Waals surface area contributed by atoms with E-state index >= 15 is 0 Å². The largest absolute Gasteiger partial charge is 0.484 e. The smallest absolute Gasteiger partial charge is 0.258 e. The van der Waals surface area contributed by atoms with Crippen molar-refractivity contribution in [3.63, 3.8) is 0 Å². The Morgan fingerprint density at radius 3 is 2.35 bits per heavy atom. The van der Waals surface area contributed by atoms with Gasteiger partial charge in [0.2, 0.25) is 0 Å². The van der Waals surface area contributed by atoms with Gasteiger partial charge in [-0.05, 0) is 96.8 Å². The van der Waals surface area contributed by atoms with Crippen LogP contribution in [-0.4, -0.2) is 12.5 Å². The maximum Gasteiger partial charge on any atom is 0.258 e. The molecule has 4 heteroatoms. The highest BCUT2D eigenvalue weighted by atomic mass is 127. The molecule has 122 valence electrons. The van der Waals surface area contributed by atoms with Gasteiger partial charge in [-0.3, -0.25) is 4.79 Å². The number of amides is 1. The first-order valence-corrected chi connectivity index (χ1v) is 8.70. The molecule has 0 unspecified atom stereocenters. The van der Waals surface area contributed by atoms with Gasteiger partial charge in [0.1, 0.15) is 5.75 Å². The minimum absolute atomic E-state index is 0.0226. The van der Waals surface area contributed by atoms with E-state index in [4.69, 9.17) is 4.74 Å². The quantitative estimate of drug-likeness (QED) is 0.721. The van der Waals surface area contributed by atoms with E-state index in [0.29, 0.717) is 5.75 Å². The number of carbonyl (C=O) groups is 1. The fraction of sp³-hybridized carbons (Fsp3) is 0.316. The molecule has 1 atom stereocenters. The van der Waals surface area contributed by atoms with Crippen molar-refractivity contribution in [3.05, 3.63) is 62.2 Å². The van der Waals surface area contributed by atoms with E-state index in [9.17, 15) is 4.79 Å². The zero-order chi connectivity index (χ0) is 17.0. The Kier molecular flexibility index (Phi) is 6.04. The van der Waals surface area contributed by atoms with Gasteiger partial charge >= 0.3 is 0 Å². The summed E-state index contributed by atoms with van der Waals surface area (Å²) in [7, 11) is 0. The van der Waals surface area contributed by atoms with Crippen LogP contribution in [0.4, 0.5) is 0 Å². The number of nitrogens with one attached hydrogen (secondary N) is 1. The van der Waals surface area contributed by atoms with Crippen LogP contribution in [0.3, 0.4) is 0 Å². The molecule has 0 heterocycles. The SMILES string of the molecule is Cc1cc(C)c([C@H](C)NC(=O)COc2ccc(I)cc2)cc1C. The summed E-state index contributed by atoms with van der Waals surface area (Å²) in [6, 6.07) is 11.9. The minimum atomic E-state index is -0.117. The molecule has 2 aromatic carbocycles. The molecule has 0 aliphatic carbocycles. The number of rotatable bonds is 5. The van der Waals surface area contributed by atoms with E-state index < -0.39 is 0 Å². The van der Waals surface area contributed by atoms with Gasteiger partial charge < -0.3 is 10.1 Å². The van der Waals surface area contributed by atoms with Gasteiger partial charge in [-0.2, -0.15) is 0 Å². The van der Waals surface area contributed by atoms with Crippen LogP contribution in [0, 0.1) is 24.3 Å². The van der Waals surface area contributed by atoms with Crippen LogP contribution in [0.5, 0.6) is 5.75 Å². The first-order chi connectivity index (χ1) is 10.9. The molecule has 3 nitrogen and oxygen atoms in total. The van der Waals surface area contributed by atoms with Crippen LogP contribution in [0.25, 0.3) is 0 Å². The number of hydrogen-bond acceptors (Lipinski definition) is 2. The Bertz CT molecular complexity index is 695. The lowest BCUT2D eigenvalue weighted by Crippen LogP contribution is -2.31. The van der Waals surface area contributed by atoms with Gasteiger partial charge in [0, 0.05) is 3.57 Å². The summed E-state index contributed by atoms with van der Waals surface area (Å²) >= 11 is 2.23. The van der Waals surface area contributed by atoms with E-state index in [1.165, 1.54) is 16.7 Å². The Morgan fingerprint density at radius 1 is 1.09 bits per heavy atom. The molecule has 0 spiro atoms. The lowest BCUT2D eigenvalue weighted by Gasteiger charge is -2.18. The van der Waals surface area contributed by atoms with E-state index in [1.807, 2.05) is 31.2 Å². The summed E-state index contributed by atoms with van der Waals surface area (Å²) in [5, 5.41) is 3.00. The van der Waals surface area contributed by atoms with Crippen LogP contribution in [0.1, 0.15) is 35.2 Å². The number of hydrogen-bond donors (Lipinski definition) is 1. The average molecular weight is 423 g/mol. The fourth-order valence-corrected chi connectivity index (χ4v) is 2.85. The predicted octanol–water partition coefficient (Wildman–Crippen LogP) is 4.47. The lowest BCUT2D eigenvalue weighted by molar-refractivity contribution is -0.123. The van der Waals surface area contributed by atoms with Crippen LogP contribution in [0.2, 0.25) is 0 Å². The Morgan fingerprint density at radius 2 is 1.70 bits per heavy atom. The summed E-state index contributed by atoms with van der Waals surface area (Å²) in [6.45, 7) is 8.29. The number of ether oxygens (including phenoxy) is 1. The van der Waals surface area contributed by atoms with Crippen LogP contribution < -0.4 is 10.1 Å². The summed E-state index contributed by atoms with van der Waals surface area (Å²) in [4.78, 5) is 12.1. The number of carbonyl (C=O) groups excluding carboxylic acids is 1. The molecular formula is C19H22INO2. The molecule has 0 aliphatic heterocycles. The first kappa shape index (κ1) is 17.8.